The van der Waals surface area contributed by atoms with Gasteiger partial charge in [-0.05, 0) is 43.0 Å². The Labute approximate surface area is 186 Å². The third kappa shape index (κ3) is 4.20. The van der Waals surface area contributed by atoms with Crippen molar-refractivity contribution in [3.8, 4) is 27.4 Å². The molecule has 1 heterocycles. The van der Waals surface area contributed by atoms with Gasteiger partial charge in [-0.25, -0.2) is 0 Å². The maximum absolute atomic E-state index is 4.85. The summed E-state index contributed by atoms with van der Waals surface area (Å²) in [6.45, 7) is 6.56. The smallest absolute Gasteiger partial charge is 0.190 e. The summed E-state index contributed by atoms with van der Waals surface area (Å²) in [6.07, 6.45) is 3.95. The first kappa shape index (κ1) is 20.5. The Morgan fingerprint density at radius 3 is 2.27 bits per heavy atom. The van der Waals surface area contributed by atoms with Gasteiger partial charge in [0.15, 0.2) is 4.80 Å². The van der Waals surface area contributed by atoms with E-state index < -0.39 is 0 Å². The molecule has 4 rings (SSSR count). The van der Waals surface area contributed by atoms with E-state index in [2.05, 4.69) is 103 Å². The predicted molar refractivity (Wildman–Crippen MR) is 132 cm³/mol. The minimum atomic E-state index is 0.589. The molecule has 0 aliphatic heterocycles. The van der Waals surface area contributed by atoms with Gasteiger partial charge in [-0.3, -0.25) is 9.56 Å². The summed E-state index contributed by atoms with van der Waals surface area (Å²) in [7, 11) is 0. The number of aryl methyl sites for hydroxylation is 1. The molecule has 0 spiro atoms. The molecule has 0 radical (unpaired) electrons. The van der Waals surface area contributed by atoms with Crippen LogP contribution >= 0.6 is 23.1 Å². The number of rotatable bonds is 6. The molecule has 0 aliphatic rings. The number of thioether (sulfide) groups is 1. The molecule has 4 heteroatoms. The Bertz CT molecular complexity index is 1200. The van der Waals surface area contributed by atoms with Crippen LogP contribution in [-0.4, -0.2) is 17.4 Å². The van der Waals surface area contributed by atoms with Crippen LogP contribution in [0.15, 0.2) is 101 Å². The average molecular weight is 429 g/mol. The third-order valence-electron chi connectivity index (χ3n) is 4.87. The second-order valence-corrected chi connectivity index (χ2v) is 8.81. The first-order valence-electron chi connectivity index (χ1n) is 9.85. The fraction of sp³-hybridized carbons (Fsp3) is 0.115. The van der Waals surface area contributed by atoms with Gasteiger partial charge in [0.05, 0.1) is 17.1 Å². The molecule has 1 aromatic heterocycles. The van der Waals surface area contributed by atoms with E-state index >= 15 is 0 Å². The van der Waals surface area contributed by atoms with Crippen LogP contribution in [0.5, 0.6) is 0 Å². The molecule has 150 valence electrons. The number of hydrogen-bond donors (Lipinski definition) is 0. The van der Waals surface area contributed by atoms with E-state index in [1.807, 2.05) is 6.08 Å². The molecule has 0 unspecified atom stereocenters. The minimum Gasteiger partial charge on any atom is -0.285 e. The molecule has 0 N–H and O–H groups in total. The third-order valence-corrected chi connectivity index (χ3v) is 6.74. The standard InChI is InChI=1S/C26H24N2S2/c1-4-18-27-26-28(22-14-10-19(2)11-15-22)24(20-12-16-23(29-3)17-13-20)25(30-26)21-8-6-5-7-9-21/h4-17H,1,18H2,2-3H3. The van der Waals surface area contributed by atoms with Crippen molar-refractivity contribution in [1.82, 2.24) is 4.57 Å². The second-order valence-electron chi connectivity index (χ2n) is 6.96. The molecule has 0 saturated heterocycles. The fourth-order valence-corrected chi connectivity index (χ4v) is 4.93. The lowest BCUT2D eigenvalue weighted by Crippen LogP contribution is -2.14. The quantitative estimate of drug-likeness (QED) is 0.239. The maximum Gasteiger partial charge on any atom is 0.190 e. The summed E-state index contributed by atoms with van der Waals surface area (Å²) in [5.74, 6) is 0. The van der Waals surface area contributed by atoms with E-state index in [0.717, 1.165) is 10.5 Å². The number of aromatic nitrogens is 1. The summed E-state index contributed by atoms with van der Waals surface area (Å²) < 4.78 is 2.28. The first-order valence-corrected chi connectivity index (χ1v) is 11.9. The van der Waals surface area contributed by atoms with E-state index in [1.54, 1.807) is 23.1 Å². The molecular weight excluding hydrogens is 404 g/mol. The molecule has 0 fully saturated rings. The lowest BCUT2D eigenvalue weighted by Gasteiger charge is -2.12. The van der Waals surface area contributed by atoms with Crippen molar-refractivity contribution >= 4 is 23.1 Å². The molecule has 0 aliphatic carbocycles. The molecule has 0 saturated carbocycles. The summed E-state index contributed by atoms with van der Waals surface area (Å²) in [6, 6.07) is 28.0. The second kappa shape index (κ2) is 9.33. The van der Waals surface area contributed by atoms with E-state index in [0.29, 0.717) is 6.54 Å². The Morgan fingerprint density at radius 1 is 0.933 bits per heavy atom. The number of hydrogen-bond acceptors (Lipinski definition) is 3. The van der Waals surface area contributed by atoms with Crippen molar-refractivity contribution in [3.05, 3.63) is 102 Å². The highest BCUT2D eigenvalue weighted by Crippen LogP contribution is 2.37. The highest BCUT2D eigenvalue weighted by molar-refractivity contribution is 7.98. The summed E-state index contributed by atoms with van der Waals surface area (Å²) >= 11 is 3.48. The van der Waals surface area contributed by atoms with Crippen molar-refractivity contribution in [3.63, 3.8) is 0 Å². The van der Waals surface area contributed by atoms with Crippen molar-refractivity contribution in [2.24, 2.45) is 4.99 Å². The molecule has 0 bridgehead atoms. The zero-order valence-electron chi connectivity index (χ0n) is 17.2. The first-order chi connectivity index (χ1) is 14.7. The van der Waals surface area contributed by atoms with Crippen LogP contribution in [-0.2, 0) is 0 Å². The van der Waals surface area contributed by atoms with Crippen LogP contribution in [0.2, 0.25) is 0 Å². The van der Waals surface area contributed by atoms with Crippen LogP contribution in [0.1, 0.15) is 5.56 Å². The van der Waals surface area contributed by atoms with Crippen LogP contribution in [0, 0.1) is 6.92 Å². The average Bonchev–Trinajstić information content (AvgIpc) is 3.18. The highest BCUT2D eigenvalue weighted by atomic mass is 32.2. The number of nitrogens with zero attached hydrogens (tertiary/aromatic N) is 2. The Balaban J connectivity index is 2.05. The van der Waals surface area contributed by atoms with Crippen LogP contribution in [0.25, 0.3) is 27.4 Å². The monoisotopic (exact) mass is 428 g/mol. The molecule has 2 nitrogen and oxygen atoms in total. The van der Waals surface area contributed by atoms with Crippen molar-refractivity contribution in [1.29, 1.82) is 0 Å². The topological polar surface area (TPSA) is 17.3 Å². The van der Waals surface area contributed by atoms with Gasteiger partial charge in [-0.15, -0.1) is 18.3 Å². The lowest BCUT2D eigenvalue weighted by molar-refractivity contribution is 0.976. The largest absolute Gasteiger partial charge is 0.285 e. The van der Waals surface area contributed by atoms with Crippen LogP contribution in [0.3, 0.4) is 0 Å². The minimum absolute atomic E-state index is 0.589. The van der Waals surface area contributed by atoms with Crippen molar-refractivity contribution in [2.75, 3.05) is 12.8 Å². The van der Waals surface area contributed by atoms with E-state index in [9.17, 15) is 0 Å². The summed E-state index contributed by atoms with van der Waals surface area (Å²) in [5.41, 5.74) is 5.92. The normalized spacial score (nSPS) is 11.6. The van der Waals surface area contributed by atoms with Gasteiger partial charge in [-0.2, -0.15) is 0 Å². The number of thiazole rings is 1. The Kier molecular flexibility index (Phi) is 6.36. The van der Waals surface area contributed by atoms with E-state index in [1.165, 1.54) is 32.2 Å². The molecule has 4 aromatic rings. The van der Waals surface area contributed by atoms with Gasteiger partial charge in [0.25, 0.3) is 0 Å². The van der Waals surface area contributed by atoms with E-state index in [4.69, 9.17) is 4.99 Å². The van der Waals surface area contributed by atoms with Gasteiger partial charge in [0.1, 0.15) is 0 Å². The zero-order chi connectivity index (χ0) is 20.9. The Morgan fingerprint density at radius 2 is 1.63 bits per heavy atom. The van der Waals surface area contributed by atoms with Crippen molar-refractivity contribution in [2.45, 2.75) is 11.8 Å². The van der Waals surface area contributed by atoms with Gasteiger partial charge in [0, 0.05) is 16.1 Å². The lowest BCUT2D eigenvalue weighted by atomic mass is 10.1. The molecule has 0 atom stereocenters. The number of benzene rings is 3. The van der Waals surface area contributed by atoms with Crippen molar-refractivity contribution < 1.29 is 0 Å². The predicted octanol–water partition coefficient (Wildman–Crippen LogP) is 6.99. The Hall–Kier alpha value is -2.82. The molecular formula is C26H24N2S2. The van der Waals surface area contributed by atoms with Gasteiger partial charge < -0.3 is 0 Å². The van der Waals surface area contributed by atoms with Gasteiger partial charge >= 0.3 is 0 Å². The maximum atomic E-state index is 4.85. The highest BCUT2D eigenvalue weighted by Gasteiger charge is 2.18. The summed E-state index contributed by atoms with van der Waals surface area (Å²) in [4.78, 5) is 8.30. The molecule has 3 aromatic carbocycles. The van der Waals surface area contributed by atoms with E-state index in [-0.39, 0.29) is 0 Å². The zero-order valence-corrected chi connectivity index (χ0v) is 18.8. The fourth-order valence-electron chi connectivity index (χ4n) is 3.36. The molecule has 30 heavy (non-hydrogen) atoms. The molecule has 0 amide bonds. The van der Waals surface area contributed by atoms with Gasteiger partial charge in [0.2, 0.25) is 0 Å². The van der Waals surface area contributed by atoms with Crippen LogP contribution < -0.4 is 4.80 Å². The van der Waals surface area contributed by atoms with Gasteiger partial charge in [-0.1, -0.05) is 77.6 Å². The summed E-state index contributed by atoms with van der Waals surface area (Å²) in [5, 5.41) is 0. The van der Waals surface area contributed by atoms with Crippen LogP contribution in [0.4, 0.5) is 0 Å². The SMILES string of the molecule is C=CCN=c1sc(-c2ccccc2)c(-c2ccc(SC)cc2)n1-c1ccc(C)cc1.